The van der Waals surface area contributed by atoms with E-state index in [9.17, 15) is 9.59 Å². The summed E-state index contributed by atoms with van der Waals surface area (Å²) in [5.41, 5.74) is 2.42. The van der Waals surface area contributed by atoms with Crippen LogP contribution in [-0.2, 0) is 6.42 Å². The lowest BCUT2D eigenvalue weighted by Gasteiger charge is -2.15. The Morgan fingerprint density at radius 1 is 1.33 bits per heavy atom. The highest BCUT2D eigenvalue weighted by atomic mass is 16.1. The number of hydrogen-bond acceptors (Lipinski definition) is 2. The van der Waals surface area contributed by atoms with Crippen LogP contribution < -0.4 is 5.32 Å². The molecule has 0 bridgehead atoms. The highest BCUT2D eigenvalue weighted by Gasteiger charge is 2.18. The maximum absolute atomic E-state index is 11.5. The maximum Gasteiger partial charge on any atom is 0.251 e. The third kappa shape index (κ3) is 1.77. The summed E-state index contributed by atoms with van der Waals surface area (Å²) in [6.07, 6.45) is 2.42. The van der Waals surface area contributed by atoms with Crippen LogP contribution in [0.25, 0.3) is 0 Å². The third-order valence-corrected chi connectivity index (χ3v) is 2.74. The van der Waals surface area contributed by atoms with Crippen molar-refractivity contribution < 1.29 is 9.59 Å². The van der Waals surface area contributed by atoms with Gasteiger partial charge in [-0.2, -0.15) is 0 Å². The van der Waals surface area contributed by atoms with Crippen LogP contribution in [0.3, 0.4) is 0 Å². The summed E-state index contributed by atoms with van der Waals surface area (Å²) < 4.78 is 0. The first kappa shape index (κ1) is 9.90. The highest BCUT2D eigenvalue weighted by molar-refractivity contribution is 6.00. The molecule has 0 spiro atoms. The monoisotopic (exact) mass is 203 g/mol. The van der Waals surface area contributed by atoms with E-state index in [0.717, 1.165) is 24.0 Å². The zero-order chi connectivity index (χ0) is 10.8. The maximum atomic E-state index is 11.5. The topological polar surface area (TPSA) is 46.2 Å². The average molecular weight is 203 g/mol. The molecule has 0 saturated heterocycles. The number of carbonyl (C=O) groups excluding carboxylic acids is 2. The Balaban J connectivity index is 2.41. The van der Waals surface area contributed by atoms with Crippen molar-refractivity contribution in [1.29, 1.82) is 0 Å². The van der Waals surface area contributed by atoms with E-state index in [1.54, 1.807) is 19.2 Å². The van der Waals surface area contributed by atoms with Crippen molar-refractivity contribution in [3.05, 3.63) is 34.9 Å². The highest BCUT2D eigenvalue weighted by Crippen LogP contribution is 2.22. The number of nitrogens with one attached hydrogen (secondary N) is 1. The summed E-state index contributed by atoms with van der Waals surface area (Å²) in [6.45, 7) is 0. The van der Waals surface area contributed by atoms with Gasteiger partial charge in [0.1, 0.15) is 0 Å². The molecule has 0 fully saturated rings. The Kier molecular flexibility index (Phi) is 2.54. The first-order chi connectivity index (χ1) is 7.22. The van der Waals surface area contributed by atoms with Gasteiger partial charge in [0.05, 0.1) is 0 Å². The number of amides is 1. The van der Waals surface area contributed by atoms with Crippen LogP contribution in [0.15, 0.2) is 18.2 Å². The van der Waals surface area contributed by atoms with Crippen molar-refractivity contribution >= 4 is 11.7 Å². The molecule has 1 aliphatic carbocycles. The molecule has 0 atom stereocenters. The molecular formula is C12H13NO2. The van der Waals surface area contributed by atoms with E-state index in [0.29, 0.717) is 12.0 Å². The Labute approximate surface area is 88.5 Å². The number of carbonyl (C=O) groups is 2. The van der Waals surface area contributed by atoms with E-state index in [4.69, 9.17) is 0 Å². The Morgan fingerprint density at radius 2 is 2.13 bits per heavy atom. The lowest BCUT2D eigenvalue weighted by Crippen LogP contribution is -2.19. The molecule has 15 heavy (non-hydrogen) atoms. The fourth-order valence-corrected chi connectivity index (χ4v) is 1.93. The predicted molar refractivity (Wildman–Crippen MR) is 57.1 cm³/mol. The van der Waals surface area contributed by atoms with Gasteiger partial charge in [-0.3, -0.25) is 9.59 Å². The van der Waals surface area contributed by atoms with Crippen LogP contribution in [0, 0.1) is 0 Å². The fraction of sp³-hybridized carbons (Fsp3) is 0.333. The van der Waals surface area contributed by atoms with Gasteiger partial charge >= 0.3 is 0 Å². The molecule has 0 unspecified atom stereocenters. The number of ketones is 1. The molecule has 1 amide bonds. The summed E-state index contributed by atoms with van der Waals surface area (Å²) in [7, 11) is 1.60. The zero-order valence-corrected chi connectivity index (χ0v) is 8.67. The molecule has 0 saturated carbocycles. The van der Waals surface area contributed by atoms with Gasteiger partial charge in [0.2, 0.25) is 0 Å². The van der Waals surface area contributed by atoms with Crippen molar-refractivity contribution in [3.8, 4) is 0 Å². The zero-order valence-electron chi connectivity index (χ0n) is 8.67. The molecule has 0 aromatic heterocycles. The normalized spacial score (nSPS) is 14.6. The molecule has 78 valence electrons. The number of Topliss-reactive ketones (excluding diaryl/α,β-unsaturated/α-hetero) is 1. The van der Waals surface area contributed by atoms with Crippen LogP contribution in [0.5, 0.6) is 0 Å². The largest absolute Gasteiger partial charge is 0.355 e. The summed E-state index contributed by atoms with van der Waals surface area (Å²) in [5, 5.41) is 2.58. The molecule has 0 heterocycles. The van der Waals surface area contributed by atoms with Gasteiger partial charge in [-0.05, 0) is 30.5 Å². The Hall–Kier alpha value is -1.64. The molecule has 1 aromatic carbocycles. The third-order valence-electron chi connectivity index (χ3n) is 2.74. The van der Waals surface area contributed by atoms with E-state index in [1.807, 2.05) is 6.07 Å². The quantitative estimate of drug-likeness (QED) is 0.753. The van der Waals surface area contributed by atoms with Gasteiger partial charge in [-0.25, -0.2) is 0 Å². The van der Waals surface area contributed by atoms with Gasteiger partial charge in [-0.1, -0.05) is 6.07 Å². The first-order valence-electron chi connectivity index (χ1n) is 5.10. The number of benzene rings is 1. The van der Waals surface area contributed by atoms with Crippen LogP contribution in [0.2, 0.25) is 0 Å². The van der Waals surface area contributed by atoms with E-state index in [1.165, 1.54) is 0 Å². The molecular weight excluding hydrogens is 190 g/mol. The van der Waals surface area contributed by atoms with Crippen LogP contribution >= 0.6 is 0 Å². The van der Waals surface area contributed by atoms with Gasteiger partial charge < -0.3 is 5.32 Å². The van der Waals surface area contributed by atoms with Crippen molar-refractivity contribution in [2.45, 2.75) is 19.3 Å². The van der Waals surface area contributed by atoms with Gasteiger partial charge in [0.15, 0.2) is 5.78 Å². The minimum Gasteiger partial charge on any atom is -0.355 e. The predicted octanol–water partition coefficient (Wildman–Crippen LogP) is 1.57. The van der Waals surface area contributed by atoms with Crippen molar-refractivity contribution in [3.63, 3.8) is 0 Å². The molecule has 2 rings (SSSR count). The minimum absolute atomic E-state index is 0.101. The fourth-order valence-electron chi connectivity index (χ4n) is 1.93. The number of fused-ring (bicyclic) bond motifs is 1. The Bertz CT molecular complexity index is 424. The molecule has 3 nitrogen and oxygen atoms in total. The van der Waals surface area contributed by atoms with Gasteiger partial charge in [0.25, 0.3) is 5.91 Å². The second kappa shape index (κ2) is 3.85. The lowest BCUT2D eigenvalue weighted by atomic mass is 9.89. The summed E-state index contributed by atoms with van der Waals surface area (Å²) in [4.78, 5) is 22.9. The van der Waals surface area contributed by atoms with Crippen molar-refractivity contribution in [2.24, 2.45) is 0 Å². The van der Waals surface area contributed by atoms with E-state index in [-0.39, 0.29) is 11.7 Å². The molecule has 0 aliphatic heterocycles. The molecule has 1 aromatic rings. The number of aryl methyl sites for hydroxylation is 1. The second-order valence-electron chi connectivity index (χ2n) is 3.73. The lowest BCUT2D eigenvalue weighted by molar-refractivity contribution is 0.0954. The number of hydrogen-bond donors (Lipinski definition) is 1. The Morgan fingerprint density at radius 3 is 2.87 bits per heavy atom. The van der Waals surface area contributed by atoms with Crippen LogP contribution in [-0.4, -0.2) is 18.7 Å². The van der Waals surface area contributed by atoms with Gasteiger partial charge in [-0.15, -0.1) is 0 Å². The minimum atomic E-state index is -0.101. The van der Waals surface area contributed by atoms with E-state index >= 15 is 0 Å². The number of rotatable bonds is 1. The van der Waals surface area contributed by atoms with Crippen molar-refractivity contribution in [2.75, 3.05) is 7.05 Å². The van der Waals surface area contributed by atoms with Gasteiger partial charge in [0, 0.05) is 24.6 Å². The summed E-state index contributed by atoms with van der Waals surface area (Å²) in [6, 6.07) is 5.30. The molecule has 1 aliphatic rings. The SMILES string of the molecule is CNC(=O)c1ccc2c(c1)CCCC2=O. The standard InChI is InChI=1S/C12H13NO2/c1-13-12(15)9-5-6-10-8(7-9)3-2-4-11(10)14/h5-7H,2-4H2,1H3,(H,13,15). The smallest absolute Gasteiger partial charge is 0.251 e. The second-order valence-corrected chi connectivity index (χ2v) is 3.73. The van der Waals surface area contributed by atoms with Crippen LogP contribution in [0.4, 0.5) is 0 Å². The summed E-state index contributed by atoms with van der Waals surface area (Å²) >= 11 is 0. The molecule has 1 N–H and O–H groups in total. The summed E-state index contributed by atoms with van der Waals surface area (Å²) in [5.74, 6) is 0.0931. The molecule has 0 radical (unpaired) electrons. The van der Waals surface area contributed by atoms with E-state index < -0.39 is 0 Å². The van der Waals surface area contributed by atoms with E-state index in [2.05, 4.69) is 5.32 Å². The van der Waals surface area contributed by atoms with Crippen LogP contribution in [0.1, 0.15) is 39.1 Å². The average Bonchev–Trinajstić information content (AvgIpc) is 2.28. The van der Waals surface area contributed by atoms with Crippen molar-refractivity contribution in [1.82, 2.24) is 5.32 Å². The first-order valence-corrected chi connectivity index (χ1v) is 5.10. The molecule has 3 heteroatoms.